The first-order valence-corrected chi connectivity index (χ1v) is 5.89. The SMILES string of the molecule is CC1=CC(C)(S(C)(O)O)CC=C1. The summed E-state index contributed by atoms with van der Waals surface area (Å²) >= 11 is 0. The van der Waals surface area contributed by atoms with Crippen molar-refractivity contribution >= 4 is 10.6 Å². The average molecular weight is 188 g/mol. The average Bonchev–Trinajstić information content (AvgIpc) is 1.83. The third-order valence-electron chi connectivity index (χ3n) is 2.32. The van der Waals surface area contributed by atoms with E-state index in [1.807, 2.05) is 32.1 Å². The molecule has 2 nitrogen and oxygen atoms in total. The Balaban J connectivity index is 2.95. The maximum absolute atomic E-state index is 9.58. The molecule has 0 radical (unpaired) electrons. The Morgan fingerprint density at radius 2 is 2.08 bits per heavy atom. The van der Waals surface area contributed by atoms with E-state index in [2.05, 4.69) is 0 Å². The maximum Gasteiger partial charge on any atom is 0.0782 e. The van der Waals surface area contributed by atoms with Gasteiger partial charge in [-0.15, -0.1) is 0 Å². The van der Waals surface area contributed by atoms with E-state index in [4.69, 9.17) is 0 Å². The van der Waals surface area contributed by atoms with Gasteiger partial charge in [0.2, 0.25) is 0 Å². The lowest BCUT2D eigenvalue weighted by atomic mass is 9.98. The predicted octanol–water partition coefficient (Wildman–Crippen LogP) is 3.03. The van der Waals surface area contributed by atoms with Crippen LogP contribution in [-0.4, -0.2) is 20.1 Å². The Morgan fingerprint density at radius 1 is 1.50 bits per heavy atom. The van der Waals surface area contributed by atoms with Gasteiger partial charge in [0.15, 0.2) is 0 Å². The minimum atomic E-state index is -2.49. The summed E-state index contributed by atoms with van der Waals surface area (Å²) in [6.07, 6.45) is 8.17. The van der Waals surface area contributed by atoms with E-state index in [1.165, 1.54) is 6.26 Å². The molecule has 0 heterocycles. The molecule has 0 aromatic heterocycles. The molecule has 1 atom stereocenters. The van der Waals surface area contributed by atoms with Crippen molar-refractivity contribution in [3.8, 4) is 0 Å². The molecule has 0 saturated heterocycles. The molecule has 1 aliphatic rings. The van der Waals surface area contributed by atoms with Crippen LogP contribution in [0.2, 0.25) is 0 Å². The van der Waals surface area contributed by atoms with Crippen molar-refractivity contribution in [2.24, 2.45) is 0 Å². The van der Waals surface area contributed by atoms with E-state index in [0.717, 1.165) is 5.57 Å². The van der Waals surface area contributed by atoms with Crippen LogP contribution in [0.3, 0.4) is 0 Å². The van der Waals surface area contributed by atoms with Crippen LogP contribution < -0.4 is 0 Å². The van der Waals surface area contributed by atoms with Crippen molar-refractivity contribution < 1.29 is 9.11 Å². The Morgan fingerprint density at radius 3 is 2.42 bits per heavy atom. The molecule has 0 saturated carbocycles. The van der Waals surface area contributed by atoms with E-state index >= 15 is 0 Å². The van der Waals surface area contributed by atoms with Gasteiger partial charge in [0.25, 0.3) is 0 Å². The van der Waals surface area contributed by atoms with E-state index in [9.17, 15) is 9.11 Å². The molecule has 12 heavy (non-hydrogen) atoms. The van der Waals surface area contributed by atoms with Gasteiger partial charge in [-0.2, -0.15) is 10.6 Å². The Bertz CT molecular complexity index is 237. The minimum absolute atomic E-state index is 0.466. The zero-order chi connectivity index (χ0) is 9.41. The zero-order valence-electron chi connectivity index (χ0n) is 7.74. The molecule has 0 spiro atoms. The number of rotatable bonds is 1. The minimum Gasteiger partial charge on any atom is -0.299 e. The number of hydrogen-bond acceptors (Lipinski definition) is 2. The van der Waals surface area contributed by atoms with Crippen molar-refractivity contribution in [1.82, 2.24) is 0 Å². The molecule has 3 heteroatoms. The molecule has 0 fully saturated rings. The maximum atomic E-state index is 9.58. The van der Waals surface area contributed by atoms with Gasteiger partial charge in [-0.1, -0.05) is 23.8 Å². The summed E-state index contributed by atoms with van der Waals surface area (Å²) in [7, 11) is -2.49. The van der Waals surface area contributed by atoms with Crippen LogP contribution in [0, 0.1) is 0 Å². The van der Waals surface area contributed by atoms with E-state index in [-0.39, 0.29) is 0 Å². The molecule has 0 bridgehead atoms. The van der Waals surface area contributed by atoms with Crippen molar-refractivity contribution in [2.75, 3.05) is 6.26 Å². The smallest absolute Gasteiger partial charge is 0.0782 e. The molecule has 0 aromatic carbocycles. The van der Waals surface area contributed by atoms with Crippen LogP contribution in [0.25, 0.3) is 0 Å². The van der Waals surface area contributed by atoms with E-state index in [1.54, 1.807) is 0 Å². The normalized spacial score (nSPS) is 31.6. The highest BCUT2D eigenvalue weighted by Crippen LogP contribution is 2.53. The van der Waals surface area contributed by atoms with Crippen molar-refractivity contribution in [2.45, 2.75) is 25.0 Å². The van der Waals surface area contributed by atoms with Gasteiger partial charge in [0.05, 0.1) is 4.75 Å². The Kier molecular flexibility index (Phi) is 2.38. The van der Waals surface area contributed by atoms with Gasteiger partial charge in [0, 0.05) is 6.26 Å². The van der Waals surface area contributed by atoms with Crippen LogP contribution in [0.15, 0.2) is 23.8 Å². The summed E-state index contributed by atoms with van der Waals surface area (Å²) in [6.45, 7) is 3.86. The lowest BCUT2D eigenvalue weighted by molar-refractivity contribution is 0.460. The van der Waals surface area contributed by atoms with Gasteiger partial charge in [-0.25, -0.2) is 0 Å². The fourth-order valence-electron chi connectivity index (χ4n) is 1.34. The van der Waals surface area contributed by atoms with Crippen LogP contribution in [0.5, 0.6) is 0 Å². The quantitative estimate of drug-likeness (QED) is 0.664. The third-order valence-corrected chi connectivity index (χ3v) is 4.37. The highest BCUT2D eigenvalue weighted by Gasteiger charge is 2.33. The molecule has 1 rings (SSSR count). The standard InChI is InChI=1S/C9H16O2S/c1-8-5-4-6-9(2,7-8)12(3,10)11/h4-5,7,10-11H,6H2,1-3H3. The highest BCUT2D eigenvalue weighted by molar-refractivity contribution is 8.25. The molecule has 1 aliphatic carbocycles. The molecular weight excluding hydrogens is 172 g/mol. The first kappa shape index (κ1) is 9.84. The van der Waals surface area contributed by atoms with Crippen LogP contribution >= 0.6 is 10.6 Å². The van der Waals surface area contributed by atoms with Gasteiger partial charge in [-0.05, 0) is 20.3 Å². The molecule has 1 unspecified atom stereocenters. The number of allylic oxidation sites excluding steroid dienone is 3. The second-order valence-electron chi connectivity index (χ2n) is 3.64. The second-order valence-corrected chi connectivity index (χ2v) is 6.24. The van der Waals surface area contributed by atoms with Crippen molar-refractivity contribution in [3.63, 3.8) is 0 Å². The predicted molar refractivity (Wildman–Crippen MR) is 54.7 cm³/mol. The number of hydrogen-bond donors (Lipinski definition) is 2. The third kappa shape index (κ3) is 1.73. The molecule has 2 N–H and O–H groups in total. The molecular formula is C9H16O2S. The molecule has 70 valence electrons. The van der Waals surface area contributed by atoms with Crippen LogP contribution in [0.4, 0.5) is 0 Å². The second kappa shape index (κ2) is 2.91. The van der Waals surface area contributed by atoms with Crippen LogP contribution in [0.1, 0.15) is 20.3 Å². The molecule has 0 amide bonds. The van der Waals surface area contributed by atoms with Gasteiger partial charge >= 0.3 is 0 Å². The van der Waals surface area contributed by atoms with Crippen molar-refractivity contribution in [1.29, 1.82) is 0 Å². The summed E-state index contributed by atoms with van der Waals surface area (Å²) in [5.41, 5.74) is 1.10. The lowest BCUT2D eigenvalue weighted by Gasteiger charge is -2.45. The topological polar surface area (TPSA) is 40.5 Å². The summed E-state index contributed by atoms with van der Waals surface area (Å²) in [4.78, 5) is 0. The van der Waals surface area contributed by atoms with Gasteiger partial charge in [0.1, 0.15) is 0 Å². The summed E-state index contributed by atoms with van der Waals surface area (Å²) in [6, 6.07) is 0. The highest BCUT2D eigenvalue weighted by atomic mass is 32.3. The summed E-state index contributed by atoms with van der Waals surface area (Å²) in [5.74, 6) is 0. The van der Waals surface area contributed by atoms with Crippen LogP contribution in [-0.2, 0) is 0 Å². The Labute approximate surface area is 75.3 Å². The van der Waals surface area contributed by atoms with Gasteiger partial charge in [-0.3, -0.25) is 9.11 Å². The summed E-state index contributed by atoms with van der Waals surface area (Å²) in [5, 5.41) is 0. The fraction of sp³-hybridized carbons (Fsp3) is 0.556. The van der Waals surface area contributed by atoms with E-state index < -0.39 is 15.3 Å². The first-order chi connectivity index (χ1) is 5.35. The summed E-state index contributed by atoms with van der Waals surface area (Å²) < 4.78 is 18.7. The Hall–Kier alpha value is -0.250. The molecule has 0 aliphatic heterocycles. The van der Waals surface area contributed by atoms with E-state index in [0.29, 0.717) is 6.42 Å². The monoisotopic (exact) mass is 188 g/mol. The van der Waals surface area contributed by atoms with Crippen molar-refractivity contribution in [3.05, 3.63) is 23.8 Å². The van der Waals surface area contributed by atoms with Gasteiger partial charge < -0.3 is 0 Å². The fourth-order valence-corrected chi connectivity index (χ4v) is 2.16. The zero-order valence-corrected chi connectivity index (χ0v) is 8.56. The largest absolute Gasteiger partial charge is 0.299 e. The molecule has 0 aromatic rings. The first-order valence-electron chi connectivity index (χ1n) is 3.94. The lowest BCUT2D eigenvalue weighted by Crippen LogP contribution is -2.29.